The Kier molecular flexibility index (Phi) is 6.32. The van der Waals surface area contributed by atoms with E-state index in [4.69, 9.17) is 9.47 Å². The number of methoxy groups -OCH3 is 1. The first-order valence-electron chi connectivity index (χ1n) is 9.36. The fourth-order valence-corrected chi connectivity index (χ4v) is 2.79. The van der Waals surface area contributed by atoms with Crippen LogP contribution in [0.2, 0.25) is 0 Å². The molecule has 0 fully saturated rings. The summed E-state index contributed by atoms with van der Waals surface area (Å²) in [6.45, 7) is 4.61. The molecule has 0 atom stereocenters. The van der Waals surface area contributed by atoms with Gasteiger partial charge in [0.05, 0.1) is 25.1 Å². The Labute approximate surface area is 165 Å². The number of para-hydroxylation sites is 1. The summed E-state index contributed by atoms with van der Waals surface area (Å²) in [4.78, 5) is 12.8. The lowest BCUT2D eigenvalue weighted by atomic mass is 10.2. The van der Waals surface area contributed by atoms with Crippen molar-refractivity contribution in [3.63, 3.8) is 0 Å². The Morgan fingerprint density at radius 1 is 1.14 bits per heavy atom. The second kappa shape index (κ2) is 9.08. The van der Waals surface area contributed by atoms with E-state index in [-0.39, 0.29) is 5.91 Å². The van der Waals surface area contributed by atoms with Crippen LogP contribution in [0.15, 0.2) is 54.6 Å². The summed E-state index contributed by atoms with van der Waals surface area (Å²) in [6, 6.07) is 16.8. The maximum absolute atomic E-state index is 12.8. The molecule has 146 valence electrons. The Morgan fingerprint density at radius 2 is 1.93 bits per heavy atom. The molecule has 0 spiro atoms. The molecule has 6 nitrogen and oxygen atoms in total. The summed E-state index contributed by atoms with van der Waals surface area (Å²) >= 11 is 0. The molecule has 0 bridgehead atoms. The van der Waals surface area contributed by atoms with E-state index in [0.29, 0.717) is 29.5 Å². The molecule has 0 aliphatic heterocycles. The first-order chi connectivity index (χ1) is 13.6. The van der Waals surface area contributed by atoms with E-state index in [1.54, 1.807) is 30.0 Å². The SMILES string of the molecule is CCCCOc1ccc(OC)cc1NC(=O)c1cc(C)n(-c2ccccc2)n1. The summed E-state index contributed by atoms with van der Waals surface area (Å²) < 4.78 is 12.8. The molecule has 0 aliphatic rings. The van der Waals surface area contributed by atoms with Gasteiger partial charge in [-0.1, -0.05) is 31.5 Å². The van der Waals surface area contributed by atoms with Crippen molar-refractivity contribution in [2.24, 2.45) is 0 Å². The molecule has 1 N–H and O–H groups in total. The number of ether oxygens (including phenoxy) is 2. The third kappa shape index (κ3) is 4.52. The molecule has 6 heteroatoms. The average Bonchev–Trinajstić information content (AvgIpc) is 3.11. The fourth-order valence-electron chi connectivity index (χ4n) is 2.79. The van der Waals surface area contributed by atoms with Gasteiger partial charge >= 0.3 is 0 Å². The van der Waals surface area contributed by atoms with E-state index in [1.165, 1.54) is 0 Å². The van der Waals surface area contributed by atoms with Gasteiger partial charge in [0.2, 0.25) is 0 Å². The van der Waals surface area contributed by atoms with Crippen molar-refractivity contribution in [2.45, 2.75) is 26.7 Å². The number of nitrogens with one attached hydrogen (secondary N) is 1. The minimum Gasteiger partial charge on any atom is -0.497 e. The van der Waals surface area contributed by atoms with Crippen LogP contribution < -0.4 is 14.8 Å². The van der Waals surface area contributed by atoms with Gasteiger partial charge in [-0.05, 0) is 43.7 Å². The quantitative estimate of drug-likeness (QED) is 0.580. The van der Waals surface area contributed by atoms with Gasteiger partial charge in [0.15, 0.2) is 5.69 Å². The van der Waals surface area contributed by atoms with Crippen LogP contribution in [-0.2, 0) is 0 Å². The van der Waals surface area contributed by atoms with Crippen molar-refractivity contribution in [3.05, 3.63) is 66.0 Å². The van der Waals surface area contributed by atoms with Crippen molar-refractivity contribution in [1.29, 1.82) is 0 Å². The number of unbranched alkanes of at least 4 members (excludes halogenated alkanes) is 1. The number of aromatic nitrogens is 2. The Bertz CT molecular complexity index is 935. The number of hydrogen-bond donors (Lipinski definition) is 1. The molecule has 1 aromatic heterocycles. The lowest BCUT2D eigenvalue weighted by Gasteiger charge is -2.13. The smallest absolute Gasteiger partial charge is 0.276 e. The van der Waals surface area contributed by atoms with Crippen LogP contribution in [0.5, 0.6) is 11.5 Å². The first kappa shape index (κ1) is 19.5. The van der Waals surface area contributed by atoms with Crippen LogP contribution in [-0.4, -0.2) is 29.4 Å². The van der Waals surface area contributed by atoms with Crippen molar-refractivity contribution in [2.75, 3.05) is 19.0 Å². The molecule has 1 amide bonds. The zero-order chi connectivity index (χ0) is 19.9. The first-order valence-corrected chi connectivity index (χ1v) is 9.36. The molecule has 2 aromatic carbocycles. The standard InChI is InChI=1S/C22H25N3O3/c1-4-5-13-28-21-12-11-18(27-3)15-19(21)23-22(26)20-14-16(2)25(24-20)17-9-7-6-8-10-17/h6-12,14-15H,4-5,13H2,1-3H3,(H,23,26). The second-order valence-electron chi connectivity index (χ2n) is 6.44. The molecular weight excluding hydrogens is 354 g/mol. The molecule has 0 aliphatic carbocycles. The van der Waals surface area contributed by atoms with Crippen LogP contribution in [0, 0.1) is 6.92 Å². The minimum atomic E-state index is -0.300. The van der Waals surface area contributed by atoms with Gasteiger partial charge in [-0.25, -0.2) is 4.68 Å². The monoisotopic (exact) mass is 379 g/mol. The topological polar surface area (TPSA) is 65.4 Å². The van der Waals surface area contributed by atoms with Gasteiger partial charge in [-0.2, -0.15) is 5.10 Å². The van der Waals surface area contributed by atoms with Crippen LogP contribution >= 0.6 is 0 Å². The molecule has 0 unspecified atom stereocenters. The van der Waals surface area contributed by atoms with E-state index in [2.05, 4.69) is 17.3 Å². The lowest BCUT2D eigenvalue weighted by molar-refractivity contribution is 0.102. The number of benzene rings is 2. The van der Waals surface area contributed by atoms with E-state index in [9.17, 15) is 4.79 Å². The third-order valence-corrected chi connectivity index (χ3v) is 4.31. The number of amides is 1. The highest BCUT2D eigenvalue weighted by molar-refractivity contribution is 6.04. The molecular formula is C22H25N3O3. The van der Waals surface area contributed by atoms with Crippen LogP contribution in [0.4, 0.5) is 5.69 Å². The minimum absolute atomic E-state index is 0.300. The number of anilines is 1. The maximum atomic E-state index is 12.8. The Hall–Kier alpha value is -3.28. The Morgan fingerprint density at radius 3 is 2.64 bits per heavy atom. The van der Waals surface area contributed by atoms with E-state index in [1.807, 2.05) is 43.3 Å². The van der Waals surface area contributed by atoms with Crippen LogP contribution in [0.3, 0.4) is 0 Å². The van der Waals surface area contributed by atoms with Crippen molar-refractivity contribution >= 4 is 11.6 Å². The lowest BCUT2D eigenvalue weighted by Crippen LogP contribution is -2.14. The van der Waals surface area contributed by atoms with Crippen molar-refractivity contribution < 1.29 is 14.3 Å². The normalized spacial score (nSPS) is 10.5. The van der Waals surface area contributed by atoms with E-state index >= 15 is 0 Å². The van der Waals surface area contributed by atoms with Crippen molar-refractivity contribution in [1.82, 2.24) is 9.78 Å². The zero-order valence-corrected chi connectivity index (χ0v) is 16.4. The van der Waals surface area contributed by atoms with Gasteiger partial charge in [-0.3, -0.25) is 4.79 Å². The highest BCUT2D eigenvalue weighted by atomic mass is 16.5. The predicted octanol–water partition coefficient (Wildman–Crippen LogP) is 4.62. The van der Waals surface area contributed by atoms with Crippen molar-refractivity contribution in [3.8, 4) is 17.2 Å². The molecule has 0 saturated heterocycles. The van der Waals surface area contributed by atoms with Crippen LogP contribution in [0.1, 0.15) is 35.9 Å². The van der Waals surface area contributed by atoms with Gasteiger partial charge in [0, 0.05) is 11.8 Å². The van der Waals surface area contributed by atoms with Gasteiger partial charge in [-0.15, -0.1) is 0 Å². The zero-order valence-electron chi connectivity index (χ0n) is 16.4. The predicted molar refractivity (Wildman–Crippen MR) is 110 cm³/mol. The molecule has 0 saturated carbocycles. The third-order valence-electron chi connectivity index (χ3n) is 4.31. The molecule has 28 heavy (non-hydrogen) atoms. The summed E-state index contributed by atoms with van der Waals surface area (Å²) in [6.07, 6.45) is 1.98. The average molecular weight is 379 g/mol. The summed E-state index contributed by atoms with van der Waals surface area (Å²) in [7, 11) is 1.59. The number of carbonyl (C=O) groups excluding carboxylic acids is 1. The second-order valence-corrected chi connectivity index (χ2v) is 6.44. The molecule has 3 aromatic rings. The summed E-state index contributed by atoms with van der Waals surface area (Å²) in [5.41, 5.74) is 2.68. The van der Waals surface area contributed by atoms with E-state index in [0.717, 1.165) is 24.2 Å². The van der Waals surface area contributed by atoms with E-state index < -0.39 is 0 Å². The highest BCUT2D eigenvalue weighted by Crippen LogP contribution is 2.30. The highest BCUT2D eigenvalue weighted by Gasteiger charge is 2.16. The maximum Gasteiger partial charge on any atom is 0.276 e. The summed E-state index contributed by atoms with van der Waals surface area (Å²) in [5.74, 6) is 0.956. The number of nitrogens with zero attached hydrogens (tertiary/aromatic N) is 2. The van der Waals surface area contributed by atoms with Crippen LogP contribution in [0.25, 0.3) is 5.69 Å². The number of aryl methyl sites for hydroxylation is 1. The molecule has 3 rings (SSSR count). The largest absolute Gasteiger partial charge is 0.497 e. The van der Waals surface area contributed by atoms with Gasteiger partial charge in [0.1, 0.15) is 11.5 Å². The van der Waals surface area contributed by atoms with Gasteiger partial charge < -0.3 is 14.8 Å². The Balaban J connectivity index is 1.82. The fraction of sp³-hybridized carbons (Fsp3) is 0.273. The number of rotatable bonds is 8. The summed E-state index contributed by atoms with van der Waals surface area (Å²) in [5, 5.41) is 7.36. The molecule has 0 radical (unpaired) electrons. The number of carbonyl (C=O) groups is 1. The number of hydrogen-bond acceptors (Lipinski definition) is 4. The molecule has 1 heterocycles. The van der Waals surface area contributed by atoms with Gasteiger partial charge in [0.25, 0.3) is 5.91 Å².